The van der Waals surface area contributed by atoms with Crippen molar-refractivity contribution >= 4 is 45.1 Å². The van der Waals surface area contributed by atoms with E-state index in [0.717, 1.165) is 35.3 Å². The summed E-state index contributed by atoms with van der Waals surface area (Å²) < 4.78 is 4.35. The molecule has 1 saturated heterocycles. The predicted molar refractivity (Wildman–Crippen MR) is 137 cm³/mol. The number of aryl methyl sites for hydroxylation is 1. The molecule has 35 heavy (non-hydrogen) atoms. The van der Waals surface area contributed by atoms with Crippen molar-refractivity contribution in [2.75, 3.05) is 6.54 Å². The summed E-state index contributed by atoms with van der Waals surface area (Å²) in [5, 5.41) is 9.34. The number of hydrogen-bond donors (Lipinski definition) is 2. The van der Waals surface area contributed by atoms with Gasteiger partial charge >= 0.3 is 5.69 Å². The van der Waals surface area contributed by atoms with Crippen LogP contribution in [0.5, 0.6) is 0 Å². The molecule has 0 unspecified atom stereocenters. The number of aromatic nitrogens is 6. The molecule has 11 heteroatoms. The van der Waals surface area contributed by atoms with Crippen LogP contribution in [-0.2, 0) is 13.6 Å². The van der Waals surface area contributed by atoms with Crippen LogP contribution in [0.3, 0.4) is 0 Å². The fourth-order valence-electron chi connectivity index (χ4n) is 4.83. The number of aromatic amines is 1. The van der Waals surface area contributed by atoms with Crippen LogP contribution < -0.4 is 16.6 Å². The lowest BCUT2D eigenvalue weighted by Crippen LogP contribution is -2.38. The van der Waals surface area contributed by atoms with Gasteiger partial charge in [0, 0.05) is 36.4 Å². The Labute approximate surface area is 208 Å². The number of pyridine rings is 1. The summed E-state index contributed by atoms with van der Waals surface area (Å²) in [5.74, 6) is 0. The van der Waals surface area contributed by atoms with Crippen LogP contribution in [0.2, 0.25) is 10.0 Å². The maximum absolute atomic E-state index is 13.5. The molecule has 5 heterocycles. The smallest absolute Gasteiger partial charge is 0.335 e. The van der Waals surface area contributed by atoms with Crippen molar-refractivity contribution in [3.05, 3.63) is 73.7 Å². The van der Waals surface area contributed by atoms with Crippen molar-refractivity contribution in [3.63, 3.8) is 0 Å². The van der Waals surface area contributed by atoms with Crippen molar-refractivity contribution in [2.24, 2.45) is 7.05 Å². The second-order valence-electron chi connectivity index (χ2n) is 8.76. The van der Waals surface area contributed by atoms with Crippen LogP contribution in [0.15, 0.2) is 52.4 Å². The second-order valence-corrected chi connectivity index (χ2v) is 9.58. The number of rotatable bonds is 4. The molecule has 0 saturated carbocycles. The minimum Gasteiger partial charge on any atom is -0.339 e. The van der Waals surface area contributed by atoms with Crippen molar-refractivity contribution < 1.29 is 0 Å². The molecular formula is C24H21Cl2N7O2. The first-order chi connectivity index (χ1) is 16.9. The Hall–Kier alpha value is -3.40. The summed E-state index contributed by atoms with van der Waals surface area (Å²) in [6.07, 6.45) is 7.58. The molecule has 1 fully saturated rings. The number of H-pyrrole nitrogens is 1. The number of fused-ring (bicyclic) bond motifs is 3. The zero-order valence-electron chi connectivity index (χ0n) is 18.8. The molecule has 1 atom stereocenters. The molecule has 1 aromatic carbocycles. The highest BCUT2D eigenvalue weighted by Gasteiger charge is 2.21. The van der Waals surface area contributed by atoms with E-state index >= 15 is 0 Å². The minimum atomic E-state index is -0.551. The Balaban J connectivity index is 1.50. The van der Waals surface area contributed by atoms with Gasteiger partial charge in [0.2, 0.25) is 0 Å². The van der Waals surface area contributed by atoms with E-state index < -0.39 is 11.2 Å². The van der Waals surface area contributed by atoms with Gasteiger partial charge in [0.25, 0.3) is 5.56 Å². The molecule has 5 aromatic rings. The largest absolute Gasteiger partial charge is 0.339 e. The zero-order chi connectivity index (χ0) is 24.3. The summed E-state index contributed by atoms with van der Waals surface area (Å²) in [5.41, 5.74) is 1.82. The number of nitrogens with zero attached hydrogens (tertiary/aromatic N) is 5. The second kappa shape index (κ2) is 8.37. The van der Waals surface area contributed by atoms with Crippen LogP contribution in [0.25, 0.3) is 38.9 Å². The maximum atomic E-state index is 13.5. The summed E-state index contributed by atoms with van der Waals surface area (Å²) in [6, 6.07) is 7.15. The summed E-state index contributed by atoms with van der Waals surface area (Å²) in [7, 11) is 1.62. The third-order valence-corrected chi connectivity index (χ3v) is 7.16. The van der Waals surface area contributed by atoms with Crippen molar-refractivity contribution in [1.82, 2.24) is 34.2 Å². The molecule has 0 spiro atoms. The molecule has 4 aromatic heterocycles. The molecule has 6 rings (SSSR count). The molecule has 9 nitrogen and oxygen atoms in total. The molecule has 0 radical (unpaired) electrons. The van der Waals surface area contributed by atoms with Crippen molar-refractivity contribution in [3.8, 4) is 16.9 Å². The number of halogens is 2. The van der Waals surface area contributed by atoms with Gasteiger partial charge in [-0.1, -0.05) is 29.3 Å². The summed E-state index contributed by atoms with van der Waals surface area (Å²) in [6.45, 7) is 1.85. The molecule has 1 aliphatic rings. The van der Waals surface area contributed by atoms with E-state index in [0.29, 0.717) is 22.6 Å². The number of nitrogens with one attached hydrogen (secondary N) is 2. The molecule has 1 aliphatic heterocycles. The predicted octanol–water partition coefficient (Wildman–Crippen LogP) is 3.49. The average molecular weight is 510 g/mol. The third kappa shape index (κ3) is 3.58. The van der Waals surface area contributed by atoms with Gasteiger partial charge in [-0.15, -0.1) is 0 Å². The topological polar surface area (TPSA) is 103 Å². The number of benzene rings is 1. The first-order valence-electron chi connectivity index (χ1n) is 11.3. The SMILES string of the molecule is Cn1c(=O)n(-c2c(Cl)cccc2Cl)c(=O)c2cnc3[nH]c(-c4cnn(C[C@@H]5CCCN5)c4)cc3c21. The van der Waals surface area contributed by atoms with Crippen LogP contribution in [-0.4, -0.2) is 41.5 Å². The van der Waals surface area contributed by atoms with Gasteiger partial charge in [0.1, 0.15) is 5.65 Å². The number of para-hydroxylation sites is 1. The van der Waals surface area contributed by atoms with Crippen LogP contribution in [0.1, 0.15) is 12.8 Å². The van der Waals surface area contributed by atoms with E-state index in [1.807, 2.05) is 16.9 Å². The molecule has 0 bridgehead atoms. The van der Waals surface area contributed by atoms with Gasteiger partial charge in [0.15, 0.2) is 0 Å². The van der Waals surface area contributed by atoms with Crippen LogP contribution in [0.4, 0.5) is 0 Å². The van der Waals surface area contributed by atoms with Crippen LogP contribution in [0, 0.1) is 0 Å². The minimum absolute atomic E-state index is 0.155. The summed E-state index contributed by atoms with van der Waals surface area (Å²) >= 11 is 12.6. The Morgan fingerprint density at radius 3 is 2.69 bits per heavy atom. The zero-order valence-corrected chi connectivity index (χ0v) is 20.3. The Bertz CT molecular complexity index is 1700. The summed E-state index contributed by atoms with van der Waals surface area (Å²) in [4.78, 5) is 34.6. The third-order valence-electron chi connectivity index (χ3n) is 6.55. The lowest BCUT2D eigenvalue weighted by molar-refractivity contribution is 0.476. The first kappa shape index (κ1) is 22.1. The van der Waals surface area contributed by atoms with E-state index in [4.69, 9.17) is 23.2 Å². The highest BCUT2D eigenvalue weighted by atomic mass is 35.5. The molecular weight excluding hydrogens is 489 g/mol. The van der Waals surface area contributed by atoms with Gasteiger partial charge in [0.05, 0.1) is 45.1 Å². The van der Waals surface area contributed by atoms with E-state index in [-0.39, 0.29) is 21.1 Å². The van der Waals surface area contributed by atoms with Crippen LogP contribution >= 0.6 is 23.2 Å². The van der Waals surface area contributed by atoms with Crippen molar-refractivity contribution in [1.29, 1.82) is 0 Å². The lowest BCUT2D eigenvalue weighted by atomic mass is 10.2. The lowest BCUT2D eigenvalue weighted by Gasteiger charge is -2.13. The highest BCUT2D eigenvalue weighted by Crippen LogP contribution is 2.29. The van der Waals surface area contributed by atoms with E-state index in [1.54, 1.807) is 31.4 Å². The van der Waals surface area contributed by atoms with Gasteiger partial charge < -0.3 is 10.3 Å². The van der Waals surface area contributed by atoms with Gasteiger partial charge in [-0.05, 0) is 37.6 Å². The monoisotopic (exact) mass is 509 g/mol. The van der Waals surface area contributed by atoms with Gasteiger partial charge in [-0.3, -0.25) is 14.0 Å². The normalized spacial score (nSPS) is 16.0. The Kier molecular flexibility index (Phi) is 5.28. The molecule has 2 N–H and O–H groups in total. The van der Waals surface area contributed by atoms with E-state index in [9.17, 15) is 9.59 Å². The highest BCUT2D eigenvalue weighted by molar-refractivity contribution is 6.37. The fraction of sp³-hybridized carbons (Fsp3) is 0.250. The van der Waals surface area contributed by atoms with Crippen molar-refractivity contribution in [2.45, 2.75) is 25.4 Å². The first-order valence-corrected chi connectivity index (χ1v) is 12.0. The molecule has 178 valence electrons. The standard InChI is InChI=1S/C24H21Cl2N7O2/c1-31-20-15-8-19(13-9-29-32(11-13)12-14-4-3-7-27-14)30-22(15)28-10-16(20)23(34)33(24(31)35)21-17(25)5-2-6-18(21)26/h2,5-6,8-11,14,27H,3-4,7,12H2,1H3,(H,28,30)/t14-/m0/s1. The average Bonchev–Trinajstić information content (AvgIpc) is 3.60. The van der Waals surface area contributed by atoms with E-state index in [2.05, 4.69) is 20.4 Å². The Morgan fingerprint density at radius 1 is 1.14 bits per heavy atom. The quantitative estimate of drug-likeness (QED) is 0.386. The van der Waals surface area contributed by atoms with Gasteiger partial charge in [-0.25, -0.2) is 14.3 Å². The van der Waals surface area contributed by atoms with E-state index in [1.165, 1.54) is 17.2 Å². The van der Waals surface area contributed by atoms with Gasteiger partial charge in [-0.2, -0.15) is 5.10 Å². The molecule has 0 amide bonds. The number of hydrogen-bond acceptors (Lipinski definition) is 5. The fourth-order valence-corrected chi connectivity index (χ4v) is 5.39. The Morgan fingerprint density at radius 2 is 1.94 bits per heavy atom. The maximum Gasteiger partial charge on any atom is 0.335 e. The molecule has 0 aliphatic carbocycles.